The first-order valence-corrected chi connectivity index (χ1v) is 7.37. The Kier molecular flexibility index (Phi) is 4.82. The van der Waals surface area contributed by atoms with Crippen molar-refractivity contribution in [3.63, 3.8) is 0 Å². The topological polar surface area (TPSA) is 83.5 Å². The van der Waals surface area contributed by atoms with Gasteiger partial charge in [0, 0.05) is 10.8 Å². The molecule has 0 spiro atoms. The minimum absolute atomic E-state index is 0.186. The van der Waals surface area contributed by atoms with Crippen LogP contribution in [0.4, 0.5) is 13.2 Å². The average molecular weight is 338 g/mol. The van der Waals surface area contributed by atoms with Gasteiger partial charge in [0.25, 0.3) is 0 Å². The molecule has 0 bridgehead atoms. The lowest BCUT2D eigenvalue weighted by molar-refractivity contribution is -0.157. The molecule has 0 amide bonds. The number of thiophene rings is 1. The molecule has 1 aromatic rings. The third-order valence-corrected chi connectivity index (χ3v) is 4.86. The molecule has 19 heavy (non-hydrogen) atoms. The first-order valence-electron chi connectivity index (χ1n) is 4.56. The number of sulfonamides is 1. The van der Waals surface area contributed by atoms with Gasteiger partial charge in [-0.05, 0) is 0 Å². The van der Waals surface area contributed by atoms with E-state index in [-0.39, 0.29) is 5.02 Å². The van der Waals surface area contributed by atoms with Gasteiger partial charge in [0.15, 0.2) is 0 Å². The normalized spacial score (nSPS) is 14.3. The van der Waals surface area contributed by atoms with Crippen molar-refractivity contribution in [2.24, 2.45) is 0 Å². The molecule has 2 N–H and O–H groups in total. The summed E-state index contributed by atoms with van der Waals surface area (Å²) < 4.78 is 61.3. The molecule has 0 aliphatic rings. The van der Waals surface area contributed by atoms with Crippen LogP contribution in [0.3, 0.4) is 0 Å². The third-order valence-electron chi connectivity index (χ3n) is 1.90. The molecule has 1 heterocycles. The van der Waals surface area contributed by atoms with E-state index in [9.17, 15) is 26.4 Å². The number of aliphatic carboxylic acids is 1. The van der Waals surface area contributed by atoms with Gasteiger partial charge >= 0.3 is 12.1 Å². The van der Waals surface area contributed by atoms with Crippen LogP contribution in [0, 0.1) is 0 Å². The van der Waals surface area contributed by atoms with Crippen LogP contribution in [0.5, 0.6) is 0 Å². The molecule has 1 rings (SSSR count). The van der Waals surface area contributed by atoms with Crippen LogP contribution >= 0.6 is 22.9 Å². The molecular weight excluding hydrogens is 331 g/mol. The van der Waals surface area contributed by atoms with Crippen LogP contribution in [-0.2, 0) is 14.8 Å². The predicted molar refractivity (Wildman–Crippen MR) is 61.7 cm³/mol. The number of rotatable bonds is 5. The van der Waals surface area contributed by atoms with E-state index in [1.807, 2.05) is 0 Å². The summed E-state index contributed by atoms with van der Waals surface area (Å²) in [7, 11) is -4.42. The highest BCUT2D eigenvalue weighted by Gasteiger charge is 2.38. The molecule has 1 atom stereocenters. The summed E-state index contributed by atoms with van der Waals surface area (Å²) in [6.07, 6.45) is -6.63. The lowest BCUT2D eigenvalue weighted by Crippen LogP contribution is -2.43. The Hall–Kier alpha value is -0.840. The fourth-order valence-electron chi connectivity index (χ4n) is 1.12. The number of carbonyl (C=O) groups is 1. The van der Waals surface area contributed by atoms with E-state index in [1.165, 1.54) is 10.1 Å². The lowest BCUT2D eigenvalue weighted by atomic mass is 10.2. The number of alkyl halides is 3. The van der Waals surface area contributed by atoms with E-state index >= 15 is 0 Å². The van der Waals surface area contributed by atoms with Gasteiger partial charge in [-0.2, -0.15) is 17.9 Å². The van der Waals surface area contributed by atoms with Crippen LogP contribution in [0.15, 0.2) is 15.7 Å². The summed E-state index contributed by atoms with van der Waals surface area (Å²) in [5, 5.41) is 10.8. The third kappa shape index (κ3) is 4.64. The van der Waals surface area contributed by atoms with Gasteiger partial charge in [-0.3, -0.25) is 4.79 Å². The van der Waals surface area contributed by atoms with Crippen molar-refractivity contribution in [2.45, 2.75) is 23.5 Å². The number of hydrogen-bond acceptors (Lipinski definition) is 4. The zero-order valence-electron chi connectivity index (χ0n) is 8.94. The van der Waals surface area contributed by atoms with Gasteiger partial charge in [-0.15, -0.1) is 11.3 Å². The predicted octanol–water partition coefficient (Wildman–Crippen LogP) is 2.09. The smallest absolute Gasteiger partial charge is 0.391 e. The molecular formula is C8H7ClF3NO4S2. The van der Waals surface area contributed by atoms with Crippen LogP contribution in [0.2, 0.25) is 5.02 Å². The van der Waals surface area contributed by atoms with Gasteiger partial charge in [-0.1, -0.05) is 11.6 Å². The van der Waals surface area contributed by atoms with Gasteiger partial charge < -0.3 is 5.11 Å². The Bertz CT molecular complexity index is 569. The minimum Gasteiger partial charge on any atom is -0.480 e. The highest BCUT2D eigenvalue weighted by Crippen LogP contribution is 2.27. The summed E-state index contributed by atoms with van der Waals surface area (Å²) in [6.45, 7) is 0. The Morgan fingerprint density at radius 3 is 2.42 bits per heavy atom. The average Bonchev–Trinajstić information content (AvgIpc) is 2.61. The molecule has 0 aliphatic carbocycles. The molecule has 0 aliphatic heterocycles. The van der Waals surface area contributed by atoms with E-state index in [4.69, 9.17) is 16.7 Å². The van der Waals surface area contributed by atoms with E-state index in [0.29, 0.717) is 0 Å². The van der Waals surface area contributed by atoms with Crippen molar-refractivity contribution in [1.82, 2.24) is 4.72 Å². The molecule has 5 nitrogen and oxygen atoms in total. The first kappa shape index (κ1) is 16.2. The SMILES string of the molecule is O=C(O)C(CC(F)(F)F)NS(=O)(=O)c1cscc1Cl. The van der Waals surface area contributed by atoms with Crippen LogP contribution in [0.25, 0.3) is 0 Å². The van der Waals surface area contributed by atoms with Crippen molar-refractivity contribution in [3.05, 3.63) is 15.8 Å². The van der Waals surface area contributed by atoms with Crippen molar-refractivity contribution >= 4 is 38.9 Å². The maximum absolute atomic E-state index is 12.1. The van der Waals surface area contributed by atoms with Gasteiger partial charge in [0.05, 0.1) is 11.4 Å². The molecule has 11 heteroatoms. The van der Waals surface area contributed by atoms with Gasteiger partial charge in [0.2, 0.25) is 10.0 Å². The van der Waals surface area contributed by atoms with Crippen LogP contribution in [0.1, 0.15) is 6.42 Å². The summed E-state index contributed by atoms with van der Waals surface area (Å²) in [4.78, 5) is 10.2. The van der Waals surface area contributed by atoms with Crippen molar-refractivity contribution in [1.29, 1.82) is 0 Å². The van der Waals surface area contributed by atoms with Crippen LogP contribution in [-0.4, -0.2) is 31.7 Å². The zero-order valence-corrected chi connectivity index (χ0v) is 11.3. The molecule has 1 aromatic heterocycles. The molecule has 1 unspecified atom stereocenters. The maximum atomic E-state index is 12.1. The zero-order chi connectivity index (χ0) is 14.8. The second kappa shape index (κ2) is 5.65. The highest BCUT2D eigenvalue weighted by atomic mass is 35.5. The summed E-state index contributed by atoms with van der Waals surface area (Å²) in [5.41, 5.74) is 0. The van der Waals surface area contributed by atoms with E-state index in [2.05, 4.69) is 0 Å². The Morgan fingerprint density at radius 1 is 1.47 bits per heavy atom. The number of carboxylic acid groups (broad SMARTS) is 1. The second-order valence-corrected chi connectivity index (χ2v) is 6.25. The number of halogens is 4. The summed E-state index contributed by atoms with van der Waals surface area (Å²) in [6, 6.07) is -2.30. The highest BCUT2D eigenvalue weighted by molar-refractivity contribution is 7.89. The number of hydrogen-bond donors (Lipinski definition) is 2. The van der Waals surface area contributed by atoms with Crippen molar-refractivity contribution < 1.29 is 31.5 Å². The molecule has 0 saturated carbocycles. The molecule has 108 valence electrons. The maximum Gasteiger partial charge on any atom is 0.391 e. The Labute approximate surface area is 115 Å². The van der Waals surface area contributed by atoms with Gasteiger partial charge in [-0.25, -0.2) is 8.42 Å². The monoisotopic (exact) mass is 337 g/mol. The standard InChI is InChI=1S/C8H7ClF3NO4S2/c9-4-2-18-3-6(4)19(16,17)13-5(7(14)15)1-8(10,11)12/h2-3,5,13H,1H2,(H,14,15). The number of carboxylic acids is 1. The fourth-order valence-corrected chi connectivity index (χ4v) is 4.02. The minimum atomic E-state index is -4.82. The Balaban J connectivity index is 2.97. The fraction of sp³-hybridized carbons (Fsp3) is 0.375. The lowest BCUT2D eigenvalue weighted by Gasteiger charge is -2.16. The van der Waals surface area contributed by atoms with Crippen LogP contribution < -0.4 is 4.72 Å². The molecule has 0 radical (unpaired) electrons. The summed E-state index contributed by atoms with van der Waals surface area (Å²) >= 11 is 6.46. The Morgan fingerprint density at radius 2 is 2.05 bits per heavy atom. The first-order chi connectivity index (χ1) is 8.53. The van der Waals surface area contributed by atoms with E-state index in [1.54, 1.807) is 0 Å². The summed E-state index contributed by atoms with van der Waals surface area (Å²) in [5.74, 6) is -1.92. The van der Waals surface area contributed by atoms with Gasteiger partial charge in [0.1, 0.15) is 10.9 Å². The van der Waals surface area contributed by atoms with Crippen molar-refractivity contribution in [2.75, 3.05) is 0 Å². The van der Waals surface area contributed by atoms with Crippen molar-refractivity contribution in [3.8, 4) is 0 Å². The molecule has 0 saturated heterocycles. The molecule has 0 aromatic carbocycles. The quantitative estimate of drug-likeness (QED) is 0.861. The molecule has 0 fully saturated rings. The number of nitrogens with one attached hydrogen (secondary N) is 1. The van der Waals surface area contributed by atoms with E-state index < -0.39 is 39.5 Å². The van der Waals surface area contributed by atoms with E-state index in [0.717, 1.165) is 16.7 Å². The largest absolute Gasteiger partial charge is 0.480 e. The second-order valence-electron chi connectivity index (χ2n) is 3.42.